The number of aromatic nitrogens is 1. The van der Waals surface area contributed by atoms with Crippen molar-refractivity contribution in [2.75, 3.05) is 32.7 Å². The predicted molar refractivity (Wildman–Crippen MR) is 102 cm³/mol. The molecule has 2 aliphatic rings. The molecular weight excluding hydrogens is 364 g/mol. The van der Waals surface area contributed by atoms with Crippen LogP contribution in [0.2, 0.25) is 0 Å². The van der Waals surface area contributed by atoms with Gasteiger partial charge in [-0.1, -0.05) is 12.1 Å². The lowest BCUT2D eigenvalue weighted by atomic mass is 10.2. The van der Waals surface area contributed by atoms with E-state index in [2.05, 4.69) is 16.0 Å². The topological polar surface area (TPSA) is 73.8 Å². The summed E-state index contributed by atoms with van der Waals surface area (Å²) in [4.78, 5) is 45.7. The van der Waals surface area contributed by atoms with E-state index in [0.29, 0.717) is 13.1 Å². The Morgan fingerprint density at radius 3 is 2.44 bits per heavy atom. The highest BCUT2D eigenvalue weighted by atomic mass is 32.1. The molecule has 2 aromatic rings. The van der Waals surface area contributed by atoms with Gasteiger partial charge in [-0.15, -0.1) is 11.3 Å². The number of piperazine rings is 1. The molecular formula is C19H22N4O3S. The van der Waals surface area contributed by atoms with Crippen LogP contribution in [0.4, 0.5) is 0 Å². The fourth-order valence-corrected chi connectivity index (χ4v) is 4.58. The number of hydrogen-bond donors (Lipinski definition) is 0. The molecule has 0 atom stereocenters. The van der Waals surface area contributed by atoms with Crippen LogP contribution in [0, 0.1) is 0 Å². The van der Waals surface area contributed by atoms with Crippen molar-refractivity contribution in [3.05, 3.63) is 29.3 Å². The lowest BCUT2D eigenvalue weighted by Crippen LogP contribution is -2.49. The Balaban J connectivity index is 1.25. The highest BCUT2D eigenvalue weighted by Gasteiger charge is 2.30. The van der Waals surface area contributed by atoms with E-state index < -0.39 is 0 Å². The van der Waals surface area contributed by atoms with Crippen molar-refractivity contribution < 1.29 is 14.4 Å². The van der Waals surface area contributed by atoms with Gasteiger partial charge in [0.2, 0.25) is 17.7 Å². The Bertz CT molecular complexity index is 824. The molecule has 0 spiro atoms. The standard InChI is InChI=1S/C19H22N4O3S/c24-17(7-8-23-18(25)5-6-19(23)26)22-11-9-21(10-12-22)13-16-20-14-3-1-2-4-15(14)27-16/h1-4H,5-13H2. The van der Waals surface area contributed by atoms with E-state index in [1.165, 1.54) is 9.60 Å². The maximum Gasteiger partial charge on any atom is 0.229 e. The molecule has 4 rings (SSSR count). The van der Waals surface area contributed by atoms with Crippen LogP contribution in [0.25, 0.3) is 10.2 Å². The maximum atomic E-state index is 12.4. The Morgan fingerprint density at radius 2 is 1.74 bits per heavy atom. The summed E-state index contributed by atoms with van der Waals surface area (Å²) in [5.74, 6) is -0.302. The Kier molecular flexibility index (Phi) is 5.18. The summed E-state index contributed by atoms with van der Waals surface area (Å²) in [7, 11) is 0. The molecule has 8 heteroatoms. The minimum Gasteiger partial charge on any atom is -0.340 e. The molecule has 27 heavy (non-hydrogen) atoms. The van der Waals surface area contributed by atoms with Crippen LogP contribution in [0.3, 0.4) is 0 Å². The largest absolute Gasteiger partial charge is 0.340 e. The lowest BCUT2D eigenvalue weighted by Gasteiger charge is -2.34. The van der Waals surface area contributed by atoms with Crippen LogP contribution in [-0.4, -0.2) is 70.1 Å². The Morgan fingerprint density at radius 1 is 1.04 bits per heavy atom. The third kappa shape index (κ3) is 4.01. The van der Waals surface area contributed by atoms with Crippen molar-refractivity contribution in [2.24, 2.45) is 0 Å². The van der Waals surface area contributed by atoms with E-state index >= 15 is 0 Å². The first-order valence-corrected chi connectivity index (χ1v) is 10.1. The molecule has 0 bridgehead atoms. The summed E-state index contributed by atoms with van der Waals surface area (Å²) in [6, 6.07) is 8.14. The number of benzene rings is 1. The van der Waals surface area contributed by atoms with E-state index in [4.69, 9.17) is 0 Å². The molecule has 1 aromatic heterocycles. The summed E-state index contributed by atoms with van der Waals surface area (Å²) >= 11 is 1.72. The van der Waals surface area contributed by atoms with Crippen molar-refractivity contribution in [3.8, 4) is 0 Å². The van der Waals surface area contributed by atoms with Gasteiger partial charge in [-0.05, 0) is 12.1 Å². The zero-order valence-electron chi connectivity index (χ0n) is 15.1. The monoisotopic (exact) mass is 386 g/mol. The van der Waals surface area contributed by atoms with Gasteiger partial charge in [0, 0.05) is 52.0 Å². The van der Waals surface area contributed by atoms with Crippen LogP contribution in [0.1, 0.15) is 24.3 Å². The summed E-state index contributed by atoms with van der Waals surface area (Å²) < 4.78 is 1.20. The summed E-state index contributed by atoms with van der Waals surface area (Å²) in [6.45, 7) is 3.98. The molecule has 142 valence electrons. The molecule has 0 aliphatic carbocycles. The van der Waals surface area contributed by atoms with E-state index in [1.807, 2.05) is 23.1 Å². The molecule has 0 unspecified atom stereocenters. The molecule has 3 amide bonds. The lowest BCUT2D eigenvalue weighted by molar-refractivity contribution is -0.139. The minimum absolute atomic E-state index is 0.0159. The van der Waals surface area contributed by atoms with E-state index in [9.17, 15) is 14.4 Å². The third-order valence-electron chi connectivity index (χ3n) is 5.13. The van der Waals surface area contributed by atoms with Crippen molar-refractivity contribution >= 4 is 39.3 Å². The first kappa shape index (κ1) is 18.1. The summed E-state index contributed by atoms with van der Waals surface area (Å²) in [6.07, 6.45) is 0.768. The number of hydrogen-bond acceptors (Lipinski definition) is 6. The van der Waals surface area contributed by atoms with E-state index in [-0.39, 0.29) is 43.5 Å². The fraction of sp³-hybridized carbons (Fsp3) is 0.474. The number of likely N-dealkylation sites (tertiary alicyclic amines) is 1. The van der Waals surface area contributed by atoms with Crippen LogP contribution in [0.15, 0.2) is 24.3 Å². The quantitative estimate of drug-likeness (QED) is 0.728. The second-order valence-electron chi connectivity index (χ2n) is 6.92. The average molecular weight is 386 g/mol. The fourth-order valence-electron chi connectivity index (χ4n) is 3.57. The van der Waals surface area contributed by atoms with Crippen LogP contribution >= 0.6 is 11.3 Å². The number of thiazole rings is 1. The van der Waals surface area contributed by atoms with E-state index in [0.717, 1.165) is 30.2 Å². The maximum absolute atomic E-state index is 12.4. The highest BCUT2D eigenvalue weighted by molar-refractivity contribution is 7.18. The third-order valence-corrected chi connectivity index (χ3v) is 6.15. The van der Waals surface area contributed by atoms with Gasteiger partial charge >= 0.3 is 0 Å². The summed E-state index contributed by atoms with van der Waals surface area (Å²) in [5.41, 5.74) is 1.04. The van der Waals surface area contributed by atoms with Crippen LogP contribution < -0.4 is 0 Å². The number of carbonyl (C=O) groups is 3. The van der Waals surface area contributed by atoms with E-state index in [1.54, 1.807) is 11.3 Å². The normalized spacial score (nSPS) is 18.7. The molecule has 1 aromatic carbocycles. The molecule has 3 heterocycles. The van der Waals surface area contributed by atoms with Gasteiger partial charge in [0.1, 0.15) is 5.01 Å². The number of para-hydroxylation sites is 1. The molecule has 0 N–H and O–H groups in total. The Labute approximate surface area is 161 Å². The minimum atomic E-state index is -0.159. The first-order valence-electron chi connectivity index (χ1n) is 9.28. The van der Waals surface area contributed by atoms with Gasteiger partial charge in [0.25, 0.3) is 0 Å². The number of nitrogens with zero attached hydrogens (tertiary/aromatic N) is 4. The first-order chi connectivity index (χ1) is 13.1. The molecule has 7 nitrogen and oxygen atoms in total. The van der Waals surface area contributed by atoms with Gasteiger partial charge in [0.15, 0.2) is 0 Å². The SMILES string of the molecule is O=C(CCN1C(=O)CCC1=O)N1CCN(Cc2nc3ccccc3s2)CC1. The molecule has 2 fully saturated rings. The Hall–Kier alpha value is -2.32. The number of rotatable bonds is 5. The number of imide groups is 1. The second-order valence-corrected chi connectivity index (χ2v) is 8.04. The van der Waals surface area contributed by atoms with Gasteiger partial charge in [-0.3, -0.25) is 24.2 Å². The van der Waals surface area contributed by atoms with Crippen LogP contribution in [0.5, 0.6) is 0 Å². The number of amides is 3. The molecule has 0 saturated carbocycles. The highest BCUT2D eigenvalue weighted by Crippen LogP contribution is 2.23. The molecule has 0 radical (unpaired) electrons. The zero-order valence-corrected chi connectivity index (χ0v) is 15.9. The van der Waals surface area contributed by atoms with Gasteiger partial charge in [-0.25, -0.2) is 4.98 Å². The van der Waals surface area contributed by atoms with Crippen molar-refractivity contribution in [2.45, 2.75) is 25.8 Å². The summed E-state index contributed by atoms with van der Waals surface area (Å²) in [5, 5.41) is 1.10. The molecule has 2 saturated heterocycles. The van der Waals surface area contributed by atoms with Gasteiger partial charge in [0.05, 0.1) is 16.8 Å². The zero-order chi connectivity index (χ0) is 18.8. The van der Waals surface area contributed by atoms with Crippen LogP contribution in [-0.2, 0) is 20.9 Å². The van der Waals surface area contributed by atoms with Gasteiger partial charge < -0.3 is 4.90 Å². The smallest absolute Gasteiger partial charge is 0.229 e. The van der Waals surface area contributed by atoms with Gasteiger partial charge in [-0.2, -0.15) is 0 Å². The average Bonchev–Trinajstić information content (AvgIpc) is 3.23. The predicted octanol–water partition coefficient (Wildman–Crippen LogP) is 1.48. The second kappa shape index (κ2) is 7.74. The van der Waals surface area contributed by atoms with Crippen molar-refractivity contribution in [1.82, 2.24) is 19.7 Å². The number of carbonyl (C=O) groups excluding carboxylic acids is 3. The van der Waals surface area contributed by atoms with Crippen molar-refractivity contribution in [3.63, 3.8) is 0 Å². The molecule has 2 aliphatic heterocycles. The number of fused-ring (bicyclic) bond motifs is 1. The van der Waals surface area contributed by atoms with Crippen molar-refractivity contribution in [1.29, 1.82) is 0 Å².